The van der Waals surface area contributed by atoms with Gasteiger partial charge >= 0.3 is 0 Å². The molecule has 1 atom stereocenters. The average molecular weight is 240 g/mol. The molecule has 0 spiro atoms. The Bertz CT molecular complexity index is 444. The molecule has 1 heterocycles. The molecule has 0 radical (unpaired) electrons. The maximum atomic E-state index is 12.0. The molecule has 1 saturated heterocycles. The van der Waals surface area contributed by atoms with Crippen LogP contribution in [0.3, 0.4) is 0 Å². The molecule has 0 bridgehead atoms. The Morgan fingerprint density at radius 3 is 2.38 bits per heavy atom. The number of sulfone groups is 1. The number of rotatable bonds is 4. The summed E-state index contributed by atoms with van der Waals surface area (Å²) in [5, 5.41) is 0. The van der Waals surface area contributed by atoms with Crippen LogP contribution in [0.4, 0.5) is 0 Å². The molecule has 16 heavy (non-hydrogen) atoms. The van der Waals surface area contributed by atoms with E-state index in [2.05, 4.69) is 6.92 Å². The van der Waals surface area contributed by atoms with Crippen molar-refractivity contribution in [1.82, 2.24) is 0 Å². The molecule has 0 aromatic heterocycles. The summed E-state index contributed by atoms with van der Waals surface area (Å²) in [4.78, 5) is 0.372. The molecule has 88 valence electrons. The number of aryl methyl sites for hydroxylation is 1. The van der Waals surface area contributed by atoms with Gasteiger partial charge in [0, 0.05) is 6.42 Å². The SMILES string of the molecule is CCCc1ccc(S(=O)(=O)[C@H]2CCO2)cc1. The van der Waals surface area contributed by atoms with E-state index < -0.39 is 15.3 Å². The Morgan fingerprint density at radius 1 is 1.31 bits per heavy atom. The van der Waals surface area contributed by atoms with Crippen LogP contribution < -0.4 is 0 Å². The molecule has 0 amide bonds. The smallest absolute Gasteiger partial charge is 0.205 e. The predicted molar refractivity (Wildman–Crippen MR) is 62.0 cm³/mol. The van der Waals surface area contributed by atoms with E-state index >= 15 is 0 Å². The van der Waals surface area contributed by atoms with Crippen LogP contribution >= 0.6 is 0 Å². The van der Waals surface area contributed by atoms with E-state index in [1.165, 1.54) is 5.56 Å². The molecule has 4 heteroatoms. The summed E-state index contributed by atoms with van der Waals surface area (Å²) in [6.07, 6.45) is 2.66. The first-order valence-electron chi connectivity index (χ1n) is 5.59. The number of benzene rings is 1. The lowest BCUT2D eigenvalue weighted by molar-refractivity contribution is 0.00316. The van der Waals surface area contributed by atoms with Gasteiger partial charge in [0.1, 0.15) is 0 Å². The van der Waals surface area contributed by atoms with E-state index in [9.17, 15) is 8.42 Å². The largest absolute Gasteiger partial charge is 0.362 e. The van der Waals surface area contributed by atoms with Gasteiger partial charge in [-0.05, 0) is 24.1 Å². The third-order valence-corrected chi connectivity index (χ3v) is 4.79. The zero-order valence-corrected chi connectivity index (χ0v) is 10.2. The molecule has 0 N–H and O–H groups in total. The first-order valence-corrected chi connectivity index (χ1v) is 7.13. The predicted octanol–water partition coefficient (Wildman–Crippen LogP) is 2.16. The van der Waals surface area contributed by atoms with Crippen LogP contribution in [0.2, 0.25) is 0 Å². The van der Waals surface area contributed by atoms with Gasteiger partial charge in [-0.25, -0.2) is 8.42 Å². The van der Waals surface area contributed by atoms with E-state index in [1.54, 1.807) is 12.1 Å². The maximum Gasteiger partial charge on any atom is 0.205 e. The van der Waals surface area contributed by atoms with Crippen LogP contribution in [0, 0.1) is 0 Å². The fourth-order valence-corrected chi connectivity index (χ4v) is 3.25. The molecule has 1 aliphatic rings. The minimum Gasteiger partial charge on any atom is -0.362 e. The molecule has 0 aliphatic carbocycles. The van der Waals surface area contributed by atoms with Crippen molar-refractivity contribution >= 4 is 9.84 Å². The Balaban J connectivity index is 2.20. The molecule has 3 nitrogen and oxygen atoms in total. The Morgan fingerprint density at radius 2 is 1.94 bits per heavy atom. The van der Waals surface area contributed by atoms with Crippen molar-refractivity contribution in [2.75, 3.05) is 6.61 Å². The van der Waals surface area contributed by atoms with E-state index in [4.69, 9.17) is 4.74 Å². The van der Waals surface area contributed by atoms with Crippen LogP contribution in [0.15, 0.2) is 29.2 Å². The molecule has 1 fully saturated rings. The Hall–Kier alpha value is -0.870. The van der Waals surface area contributed by atoms with Crippen molar-refractivity contribution in [2.45, 2.75) is 36.5 Å². The van der Waals surface area contributed by atoms with Crippen LogP contribution in [0.5, 0.6) is 0 Å². The average Bonchev–Trinajstić information content (AvgIpc) is 2.15. The van der Waals surface area contributed by atoms with E-state index in [0.717, 1.165) is 12.8 Å². The summed E-state index contributed by atoms with van der Waals surface area (Å²) in [6.45, 7) is 2.66. The lowest BCUT2D eigenvalue weighted by Gasteiger charge is -2.26. The third kappa shape index (κ3) is 2.13. The van der Waals surface area contributed by atoms with Gasteiger partial charge in [0.15, 0.2) is 5.44 Å². The normalized spacial score (nSPS) is 20.4. The van der Waals surface area contributed by atoms with E-state index in [1.807, 2.05) is 12.1 Å². The van der Waals surface area contributed by atoms with Crippen molar-refractivity contribution in [3.63, 3.8) is 0 Å². The molecule has 1 aliphatic heterocycles. The minimum absolute atomic E-state index is 0.372. The second-order valence-electron chi connectivity index (χ2n) is 4.03. The van der Waals surface area contributed by atoms with Gasteiger partial charge in [-0.3, -0.25) is 0 Å². The van der Waals surface area contributed by atoms with Crippen LogP contribution in [0.1, 0.15) is 25.3 Å². The van der Waals surface area contributed by atoms with Gasteiger partial charge in [0.25, 0.3) is 0 Å². The molecular weight excluding hydrogens is 224 g/mol. The van der Waals surface area contributed by atoms with Gasteiger partial charge in [0.05, 0.1) is 11.5 Å². The molecule has 1 aromatic rings. The van der Waals surface area contributed by atoms with Gasteiger partial charge in [0.2, 0.25) is 9.84 Å². The topological polar surface area (TPSA) is 43.4 Å². The molecular formula is C12H16O3S. The minimum atomic E-state index is -3.26. The van der Waals surface area contributed by atoms with E-state index in [-0.39, 0.29) is 0 Å². The Labute approximate surface area is 96.4 Å². The lowest BCUT2D eigenvalue weighted by Crippen LogP contribution is -2.34. The summed E-state index contributed by atoms with van der Waals surface area (Å²) < 4.78 is 29.0. The molecule has 0 saturated carbocycles. The maximum absolute atomic E-state index is 12.0. The second kappa shape index (κ2) is 4.55. The number of hydrogen-bond donors (Lipinski definition) is 0. The molecule has 1 aromatic carbocycles. The fourth-order valence-electron chi connectivity index (χ4n) is 1.75. The van der Waals surface area contributed by atoms with Gasteiger partial charge in [-0.15, -0.1) is 0 Å². The van der Waals surface area contributed by atoms with Gasteiger partial charge in [-0.2, -0.15) is 0 Å². The Kier molecular flexibility index (Phi) is 3.30. The number of hydrogen-bond acceptors (Lipinski definition) is 3. The summed E-state index contributed by atoms with van der Waals surface area (Å²) in [5.41, 5.74) is 0.556. The summed E-state index contributed by atoms with van der Waals surface area (Å²) in [6, 6.07) is 7.13. The monoisotopic (exact) mass is 240 g/mol. The van der Waals surface area contributed by atoms with Gasteiger partial charge in [-0.1, -0.05) is 25.5 Å². The van der Waals surface area contributed by atoms with Crippen molar-refractivity contribution in [3.8, 4) is 0 Å². The van der Waals surface area contributed by atoms with Crippen molar-refractivity contribution < 1.29 is 13.2 Å². The van der Waals surface area contributed by atoms with Crippen LogP contribution in [0.25, 0.3) is 0 Å². The first kappa shape index (κ1) is 11.6. The second-order valence-corrected chi connectivity index (χ2v) is 6.12. The van der Waals surface area contributed by atoms with Crippen LogP contribution in [-0.4, -0.2) is 20.5 Å². The summed E-state index contributed by atoms with van der Waals surface area (Å²) in [7, 11) is -3.26. The first-order chi connectivity index (χ1) is 7.64. The molecule has 2 rings (SSSR count). The number of ether oxygens (including phenoxy) is 1. The van der Waals surface area contributed by atoms with Gasteiger partial charge < -0.3 is 4.74 Å². The highest BCUT2D eigenvalue weighted by Gasteiger charge is 2.33. The van der Waals surface area contributed by atoms with Crippen molar-refractivity contribution in [3.05, 3.63) is 29.8 Å². The van der Waals surface area contributed by atoms with Crippen LogP contribution in [-0.2, 0) is 21.0 Å². The summed E-state index contributed by atoms with van der Waals surface area (Å²) in [5.74, 6) is 0. The zero-order chi connectivity index (χ0) is 11.6. The highest BCUT2D eigenvalue weighted by molar-refractivity contribution is 7.92. The van der Waals surface area contributed by atoms with Crippen molar-refractivity contribution in [2.24, 2.45) is 0 Å². The third-order valence-electron chi connectivity index (χ3n) is 2.79. The molecule has 0 unspecified atom stereocenters. The van der Waals surface area contributed by atoms with E-state index in [0.29, 0.717) is 17.9 Å². The highest BCUT2D eigenvalue weighted by atomic mass is 32.2. The zero-order valence-electron chi connectivity index (χ0n) is 9.35. The lowest BCUT2D eigenvalue weighted by atomic mass is 10.1. The standard InChI is InChI=1S/C12H16O3S/c1-2-3-10-4-6-11(7-5-10)16(13,14)12-8-9-15-12/h4-7,12H,2-3,8-9H2,1H3/t12-/m0/s1. The van der Waals surface area contributed by atoms with Crippen molar-refractivity contribution in [1.29, 1.82) is 0 Å². The fraction of sp³-hybridized carbons (Fsp3) is 0.500. The summed E-state index contributed by atoms with van der Waals surface area (Å²) >= 11 is 0. The highest BCUT2D eigenvalue weighted by Crippen LogP contribution is 2.25. The quantitative estimate of drug-likeness (QED) is 0.810.